The lowest BCUT2D eigenvalue weighted by Gasteiger charge is -2.15. The van der Waals surface area contributed by atoms with Gasteiger partial charge in [-0.25, -0.2) is 9.97 Å². The van der Waals surface area contributed by atoms with E-state index in [0.717, 1.165) is 24.6 Å². The van der Waals surface area contributed by atoms with E-state index in [-0.39, 0.29) is 6.10 Å². The summed E-state index contributed by atoms with van der Waals surface area (Å²) in [5.41, 5.74) is 0. The van der Waals surface area contributed by atoms with Gasteiger partial charge in [0, 0.05) is 25.3 Å². The lowest BCUT2D eigenvalue weighted by atomic mass is 10.0. The van der Waals surface area contributed by atoms with E-state index in [1.165, 1.54) is 0 Å². The van der Waals surface area contributed by atoms with Gasteiger partial charge in [-0.2, -0.15) is 4.98 Å². The van der Waals surface area contributed by atoms with Gasteiger partial charge in [0.15, 0.2) is 5.82 Å². The van der Waals surface area contributed by atoms with Crippen LogP contribution in [0.4, 0.5) is 5.82 Å². The Bertz CT molecular complexity index is 586. The molecule has 7 nitrogen and oxygen atoms in total. The molecule has 0 spiro atoms. The van der Waals surface area contributed by atoms with Gasteiger partial charge in [-0.1, -0.05) is 5.16 Å². The molecule has 0 bridgehead atoms. The number of hydrogen-bond acceptors (Lipinski definition) is 7. The van der Waals surface area contributed by atoms with Crippen molar-refractivity contribution in [1.82, 2.24) is 20.1 Å². The van der Waals surface area contributed by atoms with Gasteiger partial charge in [-0.05, 0) is 26.3 Å². The third-order valence-corrected chi connectivity index (χ3v) is 3.32. The minimum atomic E-state index is -0.133. The Kier molecular flexibility index (Phi) is 3.60. The van der Waals surface area contributed by atoms with Gasteiger partial charge >= 0.3 is 0 Å². The molecule has 2 aromatic heterocycles. The fraction of sp³-hybridized carbons (Fsp3) is 0.538. The Morgan fingerprint density at radius 1 is 1.30 bits per heavy atom. The Morgan fingerprint density at radius 3 is 2.95 bits per heavy atom. The van der Waals surface area contributed by atoms with Gasteiger partial charge in [0.1, 0.15) is 17.7 Å². The number of ether oxygens (including phenoxy) is 1. The minimum Gasteiger partial charge on any atom is -0.370 e. The molecule has 106 valence electrons. The molecule has 3 rings (SSSR count). The molecule has 1 fully saturated rings. The van der Waals surface area contributed by atoms with Crippen LogP contribution in [0.3, 0.4) is 0 Å². The van der Waals surface area contributed by atoms with Crippen LogP contribution in [0, 0.1) is 19.8 Å². The predicted octanol–water partition coefficient (Wildman–Crippen LogP) is 1.67. The summed E-state index contributed by atoms with van der Waals surface area (Å²) in [4.78, 5) is 12.7. The van der Waals surface area contributed by atoms with Crippen LogP contribution in [0.2, 0.25) is 0 Å². The summed E-state index contributed by atoms with van der Waals surface area (Å²) in [6, 6.07) is 1.86. The molecule has 7 heteroatoms. The van der Waals surface area contributed by atoms with Crippen molar-refractivity contribution in [1.29, 1.82) is 0 Å². The first-order chi connectivity index (χ1) is 9.72. The smallest absolute Gasteiger partial charge is 0.256 e. The van der Waals surface area contributed by atoms with E-state index < -0.39 is 0 Å². The molecule has 1 aliphatic heterocycles. The van der Waals surface area contributed by atoms with Crippen molar-refractivity contribution in [2.45, 2.75) is 26.4 Å². The topological polar surface area (TPSA) is 86.0 Å². The zero-order valence-corrected chi connectivity index (χ0v) is 11.5. The normalized spacial score (nSPS) is 22.1. The summed E-state index contributed by atoms with van der Waals surface area (Å²) in [5, 5.41) is 7.13. The monoisotopic (exact) mass is 275 g/mol. The van der Waals surface area contributed by atoms with Crippen molar-refractivity contribution in [3.8, 4) is 0 Å². The second-order valence-corrected chi connectivity index (χ2v) is 4.89. The molecule has 3 heterocycles. The first kappa shape index (κ1) is 13.0. The zero-order chi connectivity index (χ0) is 13.9. The van der Waals surface area contributed by atoms with Gasteiger partial charge in [0.2, 0.25) is 0 Å². The van der Waals surface area contributed by atoms with Crippen LogP contribution >= 0.6 is 0 Å². The van der Waals surface area contributed by atoms with E-state index in [2.05, 4.69) is 25.4 Å². The highest BCUT2D eigenvalue weighted by Gasteiger charge is 2.33. The lowest BCUT2D eigenvalue weighted by Crippen LogP contribution is -2.18. The third-order valence-electron chi connectivity index (χ3n) is 3.32. The molecule has 0 amide bonds. The van der Waals surface area contributed by atoms with Crippen LogP contribution in [-0.2, 0) is 4.74 Å². The molecular weight excluding hydrogens is 258 g/mol. The number of aryl methyl sites for hydroxylation is 2. The first-order valence-electron chi connectivity index (χ1n) is 6.67. The van der Waals surface area contributed by atoms with Gasteiger partial charge in [-0.3, -0.25) is 0 Å². The van der Waals surface area contributed by atoms with E-state index >= 15 is 0 Å². The van der Waals surface area contributed by atoms with Crippen LogP contribution in [0.5, 0.6) is 0 Å². The highest BCUT2D eigenvalue weighted by Crippen LogP contribution is 2.33. The lowest BCUT2D eigenvalue weighted by molar-refractivity contribution is 0.0650. The van der Waals surface area contributed by atoms with Crippen molar-refractivity contribution in [3.05, 3.63) is 29.8 Å². The fourth-order valence-corrected chi connectivity index (χ4v) is 2.33. The van der Waals surface area contributed by atoms with E-state index in [1.54, 1.807) is 13.1 Å². The van der Waals surface area contributed by atoms with Crippen molar-refractivity contribution >= 4 is 5.82 Å². The van der Waals surface area contributed by atoms with Gasteiger partial charge in [0.25, 0.3) is 5.89 Å². The van der Waals surface area contributed by atoms with Gasteiger partial charge < -0.3 is 14.6 Å². The molecule has 20 heavy (non-hydrogen) atoms. The highest BCUT2D eigenvalue weighted by atomic mass is 16.5. The molecule has 0 aliphatic carbocycles. The standard InChI is InChI=1S/C13H17N5O2/c1-8-14-5-3-11(16-8)15-7-10-4-6-19-12(10)13-17-9(2)18-20-13/h3,5,10,12H,4,6-7H2,1-2H3,(H,14,15,16)/t10-,12-/m0/s1. The largest absolute Gasteiger partial charge is 0.370 e. The van der Waals surface area contributed by atoms with Gasteiger partial charge in [0.05, 0.1) is 0 Å². The van der Waals surface area contributed by atoms with Gasteiger partial charge in [-0.15, -0.1) is 0 Å². The molecule has 1 saturated heterocycles. The number of hydrogen-bond donors (Lipinski definition) is 1. The van der Waals surface area contributed by atoms with E-state index in [9.17, 15) is 0 Å². The Balaban J connectivity index is 1.64. The average molecular weight is 275 g/mol. The van der Waals surface area contributed by atoms with E-state index in [4.69, 9.17) is 9.26 Å². The summed E-state index contributed by atoms with van der Waals surface area (Å²) in [6.45, 7) is 5.14. The number of nitrogens with one attached hydrogen (secondary N) is 1. The molecule has 0 radical (unpaired) electrons. The minimum absolute atomic E-state index is 0.133. The molecule has 0 unspecified atom stereocenters. The molecule has 2 aromatic rings. The second kappa shape index (κ2) is 5.54. The summed E-state index contributed by atoms with van der Waals surface area (Å²) in [7, 11) is 0. The number of aromatic nitrogens is 4. The first-order valence-corrected chi connectivity index (χ1v) is 6.67. The summed E-state index contributed by atoms with van der Waals surface area (Å²) in [6.07, 6.45) is 2.57. The molecule has 0 aromatic carbocycles. The Labute approximate surface area is 116 Å². The average Bonchev–Trinajstić information content (AvgIpc) is 3.04. The summed E-state index contributed by atoms with van der Waals surface area (Å²) < 4.78 is 10.9. The maximum absolute atomic E-state index is 5.71. The highest BCUT2D eigenvalue weighted by molar-refractivity contribution is 5.32. The van der Waals surface area contributed by atoms with Crippen molar-refractivity contribution in [2.24, 2.45) is 5.92 Å². The fourth-order valence-electron chi connectivity index (χ4n) is 2.33. The maximum atomic E-state index is 5.71. The molecule has 1 N–H and O–H groups in total. The SMILES string of the molecule is Cc1nccc(NC[C@@H]2CCO[C@@H]2c2nc(C)no2)n1. The van der Waals surface area contributed by atoms with Crippen LogP contribution in [0.1, 0.15) is 30.1 Å². The van der Waals surface area contributed by atoms with Crippen LogP contribution in [0.15, 0.2) is 16.8 Å². The number of nitrogens with zero attached hydrogens (tertiary/aromatic N) is 4. The Hall–Kier alpha value is -2.02. The van der Waals surface area contributed by atoms with Crippen molar-refractivity contribution < 1.29 is 9.26 Å². The molecule has 2 atom stereocenters. The molecule has 0 saturated carbocycles. The number of anilines is 1. The van der Waals surface area contributed by atoms with E-state index in [0.29, 0.717) is 24.2 Å². The third kappa shape index (κ3) is 2.77. The van der Waals surface area contributed by atoms with Crippen molar-refractivity contribution in [3.63, 3.8) is 0 Å². The van der Waals surface area contributed by atoms with E-state index in [1.807, 2.05) is 13.0 Å². The van der Waals surface area contributed by atoms with Crippen LogP contribution < -0.4 is 5.32 Å². The van der Waals surface area contributed by atoms with Crippen LogP contribution in [0.25, 0.3) is 0 Å². The zero-order valence-electron chi connectivity index (χ0n) is 11.5. The number of rotatable bonds is 4. The maximum Gasteiger partial charge on any atom is 0.256 e. The quantitative estimate of drug-likeness (QED) is 0.908. The molecular formula is C13H17N5O2. The summed E-state index contributed by atoms with van der Waals surface area (Å²) >= 11 is 0. The van der Waals surface area contributed by atoms with Crippen LogP contribution in [-0.4, -0.2) is 33.3 Å². The van der Waals surface area contributed by atoms with Crippen molar-refractivity contribution in [2.75, 3.05) is 18.5 Å². The summed E-state index contributed by atoms with van der Waals surface area (Å²) in [5.74, 6) is 3.07. The Morgan fingerprint density at radius 2 is 2.20 bits per heavy atom. The predicted molar refractivity (Wildman–Crippen MR) is 71.1 cm³/mol. The second-order valence-electron chi connectivity index (χ2n) is 4.89. The molecule has 1 aliphatic rings.